The molecular formula is C30H28Cl2N2O4. The lowest BCUT2D eigenvalue weighted by molar-refractivity contribution is -0.118. The predicted molar refractivity (Wildman–Crippen MR) is 153 cm³/mol. The average molecular weight is 551 g/mol. The van der Waals surface area contributed by atoms with E-state index < -0.39 is 0 Å². The first-order valence-electron chi connectivity index (χ1n) is 12.0. The smallest absolute Gasteiger partial charge is 0.338 e. The first kappa shape index (κ1) is 27.3. The molecule has 0 bridgehead atoms. The molecule has 8 heteroatoms. The second-order valence-electron chi connectivity index (χ2n) is 9.06. The van der Waals surface area contributed by atoms with Gasteiger partial charge in [0.25, 0.3) is 5.91 Å². The number of aromatic nitrogens is 1. The van der Waals surface area contributed by atoms with Crippen molar-refractivity contribution >= 4 is 51.7 Å². The van der Waals surface area contributed by atoms with Gasteiger partial charge in [0.15, 0.2) is 6.61 Å². The molecule has 196 valence electrons. The van der Waals surface area contributed by atoms with Gasteiger partial charge < -0.3 is 19.4 Å². The number of carbonyl (C=O) groups excluding carboxylic acids is 2. The lowest BCUT2D eigenvalue weighted by Gasteiger charge is -2.12. The molecule has 0 spiro atoms. The minimum Gasteiger partial charge on any atom is -0.484 e. The Morgan fingerprint density at radius 3 is 2.53 bits per heavy atom. The van der Waals surface area contributed by atoms with Crippen molar-refractivity contribution in [2.24, 2.45) is 0 Å². The highest BCUT2D eigenvalue weighted by Gasteiger charge is 2.15. The van der Waals surface area contributed by atoms with Gasteiger partial charge in [-0.05, 0) is 67.8 Å². The molecule has 0 radical (unpaired) electrons. The zero-order valence-electron chi connectivity index (χ0n) is 21.4. The van der Waals surface area contributed by atoms with Crippen LogP contribution in [0.2, 0.25) is 10.0 Å². The van der Waals surface area contributed by atoms with E-state index in [2.05, 4.69) is 36.0 Å². The van der Waals surface area contributed by atoms with Gasteiger partial charge in [-0.1, -0.05) is 53.1 Å². The summed E-state index contributed by atoms with van der Waals surface area (Å²) in [5.41, 5.74) is 5.14. The molecule has 0 unspecified atom stereocenters. The molecule has 0 aliphatic carbocycles. The summed E-state index contributed by atoms with van der Waals surface area (Å²) < 4.78 is 12.9. The van der Waals surface area contributed by atoms with E-state index in [1.807, 2.05) is 36.4 Å². The molecule has 1 N–H and O–H groups in total. The fraction of sp³-hybridized carbons (Fsp3) is 0.200. The SMILES string of the molecule is COC(=O)c1ccccc1Cn1cc(CC=C(C)C)c2ccc(OCC(=O)Nc3ccc(Cl)cc3Cl)cc21. The molecule has 38 heavy (non-hydrogen) atoms. The van der Waals surface area contributed by atoms with E-state index in [1.54, 1.807) is 24.3 Å². The Morgan fingerprint density at radius 1 is 1.00 bits per heavy atom. The Kier molecular flexibility index (Phi) is 8.77. The Bertz CT molecular complexity index is 1520. The Balaban J connectivity index is 1.60. The third-order valence-corrected chi connectivity index (χ3v) is 6.55. The van der Waals surface area contributed by atoms with Gasteiger partial charge in [0.05, 0.1) is 28.9 Å². The lowest BCUT2D eigenvalue weighted by atomic mass is 10.1. The van der Waals surface area contributed by atoms with Gasteiger partial charge in [-0.2, -0.15) is 0 Å². The van der Waals surface area contributed by atoms with Gasteiger partial charge >= 0.3 is 5.97 Å². The molecule has 1 aromatic heterocycles. The van der Waals surface area contributed by atoms with Crippen LogP contribution in [0.5, 0.6) is 5.75 Å². The number of esters is 1. The fourth-order valence-corrected chi connectivity index (χ4v) is 4.58. The van der Waals surface area contributed by atoms with Crippen molar-refractivity contribution in [3.63, 3.8) is 0 Å². The summed E-state index contributed by atoms with van der Waals surface area (Å²) in [7, 11) is 1.38. The maximum atomic E-state index is 12.5. The second kappa shape index (κ2) is 12.2. The third kappa shape index (κ3) is 6.57. The van der Waals surface area contributed by atoms with Crippen LogP contribution in [0.4, 0.5) is 5.69 Å². The van der Waals surface area contributed by atoms with E-state index >= 15 is 0 Å². The number of carbonyl (C=O) groups is 2. The summed E-state index contributed by atoms with van der Waals surface area (Å²) in [5, 5.41) is 4.64. The van der Waals surface area contributed by atoms with Crippen LogP contribution < -0.4 is 10.1 Å². The number of anilines is 1. The lowest BCUT2D eigenvalue weighted by Crippen LogP contribution is -2.20. The quantitative estimate of drug-likeness (QED) is 0.175. The molecular weight excluding hydrogens is 523 g/mol. The van der Waals surface area contributed by atoms with E-state index in [-0.39, 0.29) is 18.5 Å². The van der Waals surface area contributed by atoms with E-state index in [0.717, 1.165) is 28.5 Å². The normalized spacial score (nSPS) is 10.8. The molecule has 4 aromatic rings. The number of allylic oxidation sites excluding steroid dienone is 2. The number of rotatable bonds is 9. The molecule has 0 fully saturated rings. The largest absolute Gasteiger partial charge is 0.484 e. The summed E-state index contributed by atoms with van der Waals surface area (Å²) in [6.45, 7) is 4.41. The summed E-state index contributed by atoms with van der Waals surface area (Å²) in [6.07, 6.45) is 5.05. The van der Waals surface area contributed by atoms with Crippen LogP contribution >= 0.6 is 23.2 Å². The van der Waals surface area contributed by atoms with Crippen molar-refractivity contribution in [2.45, 2.75) is 26.8 Å². The number of hydrogen-bond acceptors (Lipinski definition) is 4. The van der Waals surface area contributed by atoms with Gasteiger partial charge in [-0.25, -0.2) is 4.79 Å². The summed E-state index contributed by atoms with van der Waals surface area (Å²) >= 11 is 12.1. The zero-order chi connectivity index (χ0) is 27.2. The standard InChI is InChI=1S/C30H28Cl2N2O4/c1-19(2)8-9-21-17-34(16-20-6-4-5-7-25(20)30(36)37-3)28-15-23(11-12-24(21)28)38-18-29(35)33-27-13-10-22(31)14-26(27)32/h4-8,10-15,17H,9,16,18H2,1-3H3,(H,33,35). The molecule has 3 aromatic carbocycles. The number of ether oxygens (including phenoxy) is 2. The van der Waals surface area contributed by atoms with Crippen LogP contribution in [-0.4, -0.2) is 30.2 Å². The zero-order valence-corrected chi connectivity index (χ0v) is 22.9. The van der Waals surface area contributed by atoms with Gasteiger partial charge in [0.2, 0.25) is 0 Å². The number of amides is 1. The Hall–Kier alpha value is -3.74. The van der Waals surface area contributed by atoms with Crippen molar-refractivity contribution in [1.82, 2.24) is 4.57 Å². The van der Waals surface area contributed by atoms with Crippen LogP contribution in [0.15, 0.2) is 78.5 Å². The number of halogens is 2. The van der Waals surface area contributed by atoms with E-state index in [1.165, 1.54) is 12.7 Å². The summed E-state index contributed by atoms with van der Waals surface area (Å²) in [4.78, 5) is 24.8. The van der Waals surface area contributed by atoms with Crippen molar-refractivity contribution in [2.75, 3.05) is 19.0 Å². The monoisotopic (exact) mass is 550 g/mol. The van der Waals surface area contributed by atoms with Crippen LogP contribution in [0.1, 0.15) is 35.3 Å². The van der Waals surface area contributed by atoms with Crippen LogP contribution in [0.25, 0.3) is 10.9 Å². The Morgan fingerprint density at radius 2 is 1.79 bits per heavy atom. The number of hydrogen-bond donors (Lipinski definition) is 1. The van der Waals surface area contributed by atoms with Gasteiger partial charge in [-0.3, -0.25) is 4.79 Å². The van der Waals surface area contributed by atoms with Crippen molar-refractivity contribution < 1.29 is 19.1 Å². The number of nitrogens with zero attached hydrogens (tertiary/aromatic N) is 1. The molecule has 0 saturated heterocycles. The number of nitrogens with one attached hydrogen (secondary N) is 1. The third-order valence-electron chi connectivity index (χ3n) is 6.00. The maximum absolute atomic E-state index is 12.5. The molecule has 0 aliphatic rings. The highest BCUT2D eigenvalue weighted by molar-refractivity contribution is 6.36. The highest BCUT2D eigenvalue weighted by atomic mass is 35.5. The minimum absolute atomic E-state index is 0.193. The molecule has 0 saturated carbocycles. The maximum Gasteiger partial charge on any atom is 0.338 e. The van der Waals surface area contributed by atoms with Crippen molar-refractivity contribution in [3.05, 3.63) is 105 Å². The second-order valence-corrected chi connectivity index (χ2v) is 9.90. The van der Waals surface area contributed by atoms with E-state index in [9.17, 15) is 9.59 Å². The van der Waals surface area contributed by atoms with E-state index in [4.69, 9.17) is 32.7 Å². The number of fused-ring (bicyclic) bond motifs is 1. The molecule has 4 rings (SSSR count). The first-order valence-corrected chi connectivity index (χ1v) is 12.8. The van der Waals surface area contributed by atoms with Crippen molar-refractivity contribution in [3.8, 4) is 5.75 Å². The summed E-state index contributed by atoms with van der Waals surface area (Å²) in [6, 6.07) is 18.0. The number of methoxy groups -OCH3 is 1. The van der Waals surface area contributed by atoms with Crippen molar-refractivity contribution in [1.29, 1.82) is 0 Å². The Labute approximate surface area is 231 Å². The summed E-state index contributed by atoms with van der Waals surface area (Å²) in [5.74, 6) is -0.178. The van der Waals surface area contributed by atoms with Crippen LogP contribution in [0.3, 0.4) is 0 Å². The molecule has 0 atom stereocenters. The fourth-order valence-electron chi connectivity index (χ4n) is 4.12. The topological polar surface area (TPSA) is 69.6 Å². The predicted octanol–water partition coefficient (Wildman–Crippen LogP) is 7.31. The average Bonchev–Trinajstić information content (AvgIpc) is 3.24. The molecule has 6 nitrogen and oxygen atoms in total. The van der Waals surface area contributed by atoms with Crippen LogP contribution in [0, 0.1) is 0 Å². The number of benzene rings is 3. The first-order chi connectivity index (χ1) is 18.2. The van der Waals surface area contributed by atoms with Crippen LogP contribution in [-0.2, 0) is 22.5 Å². The van der Waals surface area contributed by atoms with Gasteiger partial charge in [-0.15, -0.1) is 0 Å². The van der Waals surface area contributed by atoms with Gasteiger partial charge in [0, 0.05) is 29.2 Å². The minimum atomic E-state index is -0.377. The van der Waals surface area contributed by atoms with Gasteiger partial charge in [0.1, 0.15) is 5.75 Å². The molecule has 1 amide bonds. The van der Waals surface area contributed by atoms with E-state index in [0.29, 0.717) is 33.6 Å². The molecule has 0 aliphatic heterocycles. The molecule has 1 heterocycles. The highest BCUT2D eigenvalue weighted by Crippen LogP contribution is 2.29.